The monoisotopic (exact) mass is 188 g/mol. The van der Waals surface area contributed by atoms with Gasteiger partial charge in [-0.3, -0.25) is 0 Å². The molecule has 0 heterocycles. The fourth-order valence-corrected chi connectivity index (χ4v) is 0.830. The standard InChI is InChI=1S/C9H7F3O/c1-2-7-4-3-5-8(6-7)13-9(10,11)12/h4,6H,2H2,1H3. The van der Waals surface area contributed by atoms with Crippen molar-refractivity contribution < 1.29 is 17.9 Å². The summed E-state index contributed by atoms with van der Waals surface area (Å²) in [6.45, 7) is 1.83. The predicted molar refractivity (Wildman–Crippen MR) is 40.2 cm³/mol. The number of aryl methyl sites for hydroxylation is 1. The van der Waals surface area contributed by atoms with Crippen molar-refractivity contribution in [1.29, 1.82) is 0 Å². The summed E-state index contributed by atoms with van der Waals surface area (Å²) in [5.74, 6) is -0.341. The van der Waals surface area contributed by atoms with Gasteiger partial charge in [0.2, 0.25) is 0 Å². The first kappa shape index (κ1) is 9.72. The summed E-state index contributed by atoms with van der Waals surface area (Å²) in [4.78, 5) is 0. The summed E-state index contributed by atoms with van der Waals surface area (Å²) >= 11 is 0. The molecule has 1 aromatic carbocycles. The highest BCUT2D eigenvalue weighted by Crippen LogP contribution is 2.21. The topological polar surface area (TPSA) is 9.23 Å². The van der Waals surface area contributed by atoms with Gasteiger partial charge in [-0.2, -0.15) is 0 Å². The van der Waals surface area contributed by atoms with Crippen LogP contribution in [0.3, 0.4) is 0 Å². The van der Waals surface area contributed by atoms with Crippen LogP contribution in [0.1, 0.15) is 12.5 Å². The van der Waals surface area contributed by atoms with Gasteiger partial charge in [-0.25, -0.2) is 0 Å². The third-order valence-corrected chi connectivity index (χ3v) is 1.40. The molecule has 0 aliphatic heterocycles. The quantitative estimate of drug-likeness (QED) is 0.693. The van der Waals surface area contributed by atoms with Gasteiger partial charge >= 0.3 is 6.36 Å². The van der Waals surface area contributed by atoms with E-state index in [1.54, 1.807) is 6.07 Å². The lowest BCUT2D eigenvalue weighted by molar-refractivity contribution is -0.274. The summed E-state index contributed by atoms with van der Waals surface area (Å²) in [6.07, 6.45) is -4.02. The van der Waals surface area contributed by atoms with E-state index in [1.165, 1.54) is 6.07 Å². The Kier molecular flexibility index (Phi) is 2.66. The molecule has 0 amide bonds. The largest absolute Gasteiger partial charge is 0.573 e. The van der Waals surface area contributed by atoms with Gasteiger partial charge < -0.3 is 4.74 Å². The summed E-state index contributed by atoms with van der Waals surface area (Å²) in [6, 6.07) is 7.55. The molecular formula is C9H7F3O. The van der Waals surface area contributed by atoms with E-state index in [9.17, 15) is 13.2 Å². The van der Waals surface area contributed by atoms with Crippen molar-refractivity contribution in [2.45, 2.75) is 19.7 Å². The van der Waals surface area contributed by atoms with E-state index in [2.05, 4.69) is 16.9 Å². The van der Waals surface area contributed by atoms with Crippen LogP contribution in [-0.4, -0.2) is 6.36 Å². The van der Waals surface area contributed by atoms with Crippen LogP contribution in [0.25, 0.3) is 0 Å². The minimum atomic E-state index is -4.66. The molecule has 1 aromatic rings. The lowest BCUT2D eigenvalue weighted by Gasteiger charge is -2.06. The third-order valence-electron chi connectivity index (χ3n) is 1.40. The highest BCUT2D eigenvalue weighted by molar-refractivity contribution is 5.23. The average Bonchev–Trinajstić information content (AvgIpc) is 2.01. The normalized spacial score (nSPS) is 10.8. The number of rotatable bonds is 2. The van der Waals surface area contributed by atoms with Crippen molar-refractivity contribution in [3.8, 4) is 5.75 Å². The smallest absolute Gasteiger partial charge is 0.397 e. The summed E-state index contributed by atoms with van der Waals surface area (Å²) in [5.41, 5.74) is 0.734. The maximum atomic E-state index is 11.7. The number of hydrogen-bond acceptors (Lipinski definition) is 1. The van der Waals surface area contributed by atoms with Gasteiger partial charge in [-0.1, -0.05) is 13.0 Å². The van der Waals surface area contributed by atoms with Crippen molar-refractivity contribution in [1.82, 2.24) is 0 Å². The molecule has 0 saturated heterocycles. The predicted octanol–water partition coefficient (Wildman–Crippen LogP) is 2.75. The lowest BCUT2D eigenvalue weighted by atomic mass is 10.2. The van der Waals surface area contributed by atoms with Crippen LogP contribution >= 0.6 is 0 Å². The molecule has 0 bridgehead atoms. The number of alkyl halides is 3. The molecule has 0 spiro atoms. The van der Waals surface area contributed by atoms with E-state index in [0.29, 0.717) is 6.42 Å². The Balaban J connectivity index is 2.78. The highest BCUT2D eigenvalue weighted by Gasteiger charge is 2.31. The lowest BCUT2D eigenvalue weighted by Crippen LogP contribution is -2.16. The molecule has 0 atom stereocenters. The molecule has 13 heavy (non-hydrogen) atoms. The Labute approximate surface area is 74.1 Å². The van der Waals surface area contributed by atoms with E-state index in [4.69, 9.17) is 0 Å². The van der Waals surface area contributed by atoms with Gasteiger partial charge in [-0.05, 0) is 30.2 Å². The Bertz CT molecular complexity index is 280. The molecule has 1 nitrogen and oxygen atoms in total. The van der Waals surface area contributed by atoms with Crippen molar-refractivity contribution in [3.05, 3.63) is 29.8 Å². The molecule has 0 aliphatic carbocycles. The zero-order valence-electron chi connectivity index (χ0n) is 6.90. The molecule has 0 radical (unpaired) electrons. The van der Waals surface area contributed by atoms with Crippen LogP contribution in [0.4, 0.5) is 13.2 Å². The summed E-state index contributed by atoms with van der Waals surface area (Å²) < 4.78 is 38.8. The minimum Gasteiger partial charge on any atom is -0.397 e. The Morgan fingerprint density at radius 2 is 2.15 bits per heavy atom. The maximum absolute atomic E-state index is 11.7. The second-order valence-electron chi connectivity index (χ2n) is 2.40. The SMILES string of the molecule is CCc1cc#cc(OC(F)(F)F)c1. The molecule has 4 heteroatoms. The van der Waals surface area contributed by atoms with Crippen LogP contribution in [0.2, 0.25) is 0 Å². The van der Waals surface area contributed by atoms with Gasteiger partial charge in [-0.15, -0.1) is 13.2 Å². The van der Waals surface area contributed by atoms with E-state index in [1.807, 2.05) is 6.92 Å². The first-order valence-electron chi connectivity index (χ1n) is 3.69. The van der Waals surface area contributed by atoms with Crippen LogP contribution in [0.15, 0.2) is 12.1 Å². The second kappa shape index (κ2) is 3.56. The van der Waals surface area contributed by atoms with Gasteiger partial charge in [0.1, 0.15) is 0 Å². The number of halogens is 3. The summed E-state index contributed by atoms with van der Waals surface area (Å²) in [5, 5.41) is 0. The Morgan fingerprint density at radius 1 is 1.46 bits per heavy atom. The van der Waals surface area contributed by atoms with Crippen molar-refractivity contribution >= 4 is 0 Å². The average molecular weight is 188 g/mol. The Hall–Kier alpha value is -1.37. The fraction of sp³-hybridized carbons (Fsp3) is 0.333. The van der Waals surface area contributed by atoms with Gasteiger partial charge in [0.15, 0.2) is 5.75 Å². The van der Waals surface area contributed by atoms with Crippen molar-refractivity contribution in [2.24, 2.45) is 0 Å². The molecule has 0 unspecified atom stereocenters. The molecule has 70 valence electrons. The minimum absolute atomic E-state index is 0.341. The van der Waals surface area contributed by atoms with E-state index in [-0.39, 0.29) is 5.75 Å². The zero-order chi connectivity index (χ0) is 9.90. The van der Waals surface area contributed by atoms with E-state index in [0.717, 1.165) is 5.56 Å². The van der Waals surface area contributed by atoms with Gasteiger partial charge in [0.25, 0.3) is 0 Å². The van der Waals surface area contributed by atoms with Crippen LogP contribution in [0, 0.1) is 12.1 Å². The van der Waals surface area contributed by atoms with Gasteiger partial charge in [0, 0.05) is 0 Å². The van der Waals surface area contributed by atoms with Crippen LogP contribution in [-0.2, 0) is 6.42 Å². The number of ether oxygens (including phenoxy) is 1. The highest BCUT2D eigenvalue weighted by atomic mass is 19.4. The van der Waals surface area contributed by atoms with Crippen LogP contribution in [0.5, 0.6) is 5.75 Å². The molecular weight excluding hydrogens is 181 g/mol. The van der Waals surface area contributed by atoms with Crippen LogP contribution < -0.4 is 4.74 Å². The zero-order valence-corrected chi connectivity index (χ0v) is 6.90. The maximum Gasteiger partial charge on any atom is 0.573 e. The number of hydrogen-bond donors (Lipinski definition) is 0. The molecule has 0 aliphatic rings. The first-order chi connectivity index (χ1) is 6.01. The fourth-order valence-electron chi connectivity index (χ4n) is 0.830. The molecule has 0 N–H and O–H groups in total. The molecule has 0 fully saturated rings. The van der Waals surface area contributed by atoms with E-state index < -0.39 is 6.36 Å². The molecule has 0 aromatic heterocycles. The Morgan fingerprint density at radius 3 is 2.69 bits per heavy atom. The van der Waals surface area contributed by atoms with Crippen molar-refractivity contribution in [2.75, 3.05) is 0 Å². The summed E-state index contributed by atoms with van der Waals surface area (Å²) in [7, 11) is 0. The third kappa shape index (κ3) is 3.24. The molecule has 0 saturated carbocycles. The van der Waals surface area contributed by atoms with Gasteiger partial charge in [0.05, 0.1) is 0 Å². The first-order valence-corrected chi connectivity index (χ1v) is 3.69. The second-order valence-corrected chi connectivity index (χ2v) is 2.40. The van der Waals surface area contributed by atoms with Crippen molar-refractivity contribution in [3.63, 3.8) is 0 Å². The van der Waals surface area contributed by atoms with E-state index >= 15 is 0 Å². The molecule has 1 rings (SSSR count).